The van der Waals surface area contributed by atoms with E-state index in [2.05, 4.69) is 4.98 Å². The number of aromatic nitrogens is 1. The molecule has 13 heavy (non-hydrogen) atoms. The summed E-state index contributed by atoms with van der Waals surface area (Å²) in [5.41, 5.74) is 1.67. The molecule has 0 aromatic carbocycles. The Bertz CT molecular complexity index is 385. The molecule has 0 spiro atoms. The molecule has 2 nitrogen and oxygen atoms in total. The van der Waals surface area contributed by atoms with Crippen LogP contribution in [0.5, 0.6) is 0 Å². The molecule has 68 valence electrons. The van der Waals surface area contributed by atoms with Gasteiger partial charge in [-0.25, -0.2) is 0 Å². The van der Waals surface area contributed by atoms with E-state index in [0.29, 0.717) is 0 Å². The summed E-state index contributed by atoms with van der Waals surface area (Å²) in [6.45, 7) is 3.82. The fraction of sp³-hybridized carbons (Fsp3) is 0.182. The molecule has 1 heterocycles. The van der Waals surface area contributed by atoms with Crippen molar-refractivity contribution in [2.45, 2.75) is 13.8 Å². The molecule has 1 N–H and O–H groups in total. The topological polar surface area (TPSA) is 32.9 Å². The highest BCUT2D eigenvalue weighted by molar-refractivity contribution is 5.52. The standard InChI is InChI=1S/C11H13NO/c1-3-4-5-6-10-9(2)12-8-7-11(10)13/h3-8H,1-2H3,(H,12,13)/b4-3-,6-5-. The highest BCUT2D eigenvalue weighted by atomic mass is 16.1. The second-order valence-corrected chi connectivity index (χ2v) is 2.77. The first kappa shape index (κ1) is 9.52. The van der Waals surface area contributed by atoms with Gasteiger partial charge in [0, 0.05) is 23.5 Å². The van der Waals surface area contributed by atoms with Crippen LogP contribution in [-0.4, -0.2) is 4.98 Å². The number of hydrogen-bond donors (Lipinski definition) is 1. The van der Waals surface area contributed by atoms with E-state index in [1.807, 2.05) is 38.2 Å². The van der Waals surface area contributed by atoms with Gasteiger partial charge in [0.15, 0.2) is 5.43 Å². The van der Waals surface area contributed by atoms with Crippen molar-refractivity contribution in [1.29, 1.82) is 0 Å². The summed E-state index contributed by atoms with van der Waals surface area (Å²) in [6, 6.07) is 1.53. The van der Waals surface area contributed by atoms with Crippen LogP contribution in [0.4, 0.5) is 0 Å². The first-order chi connectivity index (χ1) is 6.25. The minimum absolute atomic E-state index is 0.0528. The zero-order valence-electron chi connectivity index (χ0n) is 7.87. The molecule has 0 saturated carbocycles. The molecule has 0 aliphatic heterocycles. The highest BCUT2D eigenvalue weighted by Gasteiger charge is 1.96. The van der Waals surface area contributed by atoms with Crippen LogP contribution in [0.25, 0.3) is 6.08 Å². The van der Waals surface area contributed by atoms with Crippen molar-refractivity contribution >= 4 is 6.08 Å². The summed E-state index contributed by atoms with van der Waals surface area (Å²) >= 11 is 0. The van der Waals surface area contributed by atoms with Crippen LogP contribution in [0.2, 0.25) is 0 Å². The van der Waals surface area contributed by atoms with Gasteiger partial charge in [-0.05, 0) is 19.9 Å². The second-order valence-electron chi connectivity index (χ2n) is 2.77. The Morgan fingerprint density at radius 3 is 2.77 bits per heavy atom. The van der Waals surface area contributed by atoms with Crippen LogP contribution in [0.1, 0.15) is 18.2 Å². The lowest BCUT2D eigenvalue weighted by atomic mass is 10.2. The van der Waals surface area contributed by atoms with Gasteiger partial charge < -0.3 is 4.98 Å². The first-order valence-electron chi connectivity index (χ1n) is 4.23. The Labute approximate surface area is 77.6 Å². The lowest BCUT2D eigenvalue weighted by molar-refractivity contribution is 1.17. The summed E-state index contributed by atoms with van der Waals surface area (Å²) in [6.07, 6.45) is 9.14. The molecule has 1 rings (SSSR count). The zero-order valence-corrected chi connectivity index (χ0v) is 7.87. The molecule has 0 amide bonds. The number of H-pyrrole nitrogens is 1. The van der Waals surface area contributed by atoms with Gasteiger partial charge in [-0.15, -0.1) is 0 Å². The van der Waals surface area contributed by atoms with Crippen molar-refractivity contribution in [1.82, 2.24) is 4.98 Å². The van der Waals surface area contributed by atoms with Crippen molar-refractivity contribution in [3.8, 4) is 0 Å². The van der Waals surface area contributed by atoms with Crippen molar-refractivity contribution in [3.63, 3.8) is 0 Å². The van der Waals surface area contributed by atoms with Crippen molar-refractivity contribution in [2.75, 3.05) is 0 Å². The summed E-state index contributed by atoms with van der Waals surface area (Å²) in [7, 11) is 0. The Kier molecular flexibility index (Phi) is 3.26. The zero-order chi connectivity index (χ0) is 9.68. The monoisotopic (exact) mass is 175 g/mol. The van der Waals surface area contributed by atoms with Gasteiger partial charge >= 0.3 is 0 Å². The summed E-state index contributed by atoms with van der Waals surface area (Å²) in [4.78, 5) is 14.3. The van der Waals surface area contributed by atoms with Crippen LogP contribution >= 0.6 is 0 Å². The third kappa shape index (κ3) is 2.44. The molecule has 0 fully saturated rings. The molecular weight excluding hydrogens is 162 g/mol. The Balaban J connectivity index is 3.07. The van der Waals surface area contributed by atoms with Gasteiger partial charge in [-0.2, -0.15) is 0 Å². The van der Waals surface area contributed by atoms with Gasteiger partial charge in [0.25, 0.3) is 0 Å². The van der Waals surface area contributed by atoms with E-state index in [0.717, 1.165) is 11.3 Å². The number of nitrogens with one attached hydrogen (secondary N) is 1. The molecular formula is C11H13NO. The van der Waals surface area contributed by atoms with Gasteiger partial charge in [0.1, 0.15) is 0 Å². The number of pyridine rings is 1. The van der Waals surface area contributed by atoms with E-state index in [1.54, 1.807) is 6.20 Å². The Hall–Kier alpha value is -1.57. The molecule has 0 saturated heterocycles. The van der Waals surface area contributed by atoms with Crippen LogP contribution in [0.15, 0.2) is 35.3 Å². The second kappa shape index (κ2) is 4.45. The molecule has 0 radical (unpaired) electrons. The Morgan fingerprint density at radius 1 is 1.38 bits per heavy atom. The number of aryl methyl sites for hydroxylation is 1. The average Bonchev–Trinajstić information content (AvgIpc) is 2.10. The fourth-order valence-corrected chi connectivity index (χ4v) is 1.06. The van der Waals surface area contributed by atoms with Gasteiger partial charge in [0.2, 0.25) is 0 Å². The minimum Gasteiger partial charge on any atom is -0.364 e. The fourth-order valence-electron chi connectivity index (χ4n) is 1.06. The van der Waals surface area contributed by atoms with E-state index < -0.39 is 0 Å². The molecule has 0 bridgehead atoms. The van der Waals surface area contributed by atoms with E-state index in [-0.39, 0.29) is 5.43 Å². The molecule has 2 heteroatoms. The van der Waals surface area contributed by atoms with Crippen molar-refractivity contribution in [2.24, 2.45) is 0 Å². The van der Waals surface area contributed by atoms with Crippen molar-refractivity contribution < 1.29 is 0 Å². The van der Waals surface area contributed by atoms with Gasteiger partial charge in [0.05, 0.1) is 0 Å². The summed E-state index contributed by atoms with van der Waals surface area (Å²) in [5.74, 6) is 0. The number of rotatable bonds is 2. The van der Waals surface area contributed by atoms with Crippen LogP contribution in [-0.2, 0) is 0 Å². The minimum atomic E-state index is 0.0528. The maximum Gasteiger partial charge on any atom is 0.189 e. The maximum atomic E-state index is 11.3. The summed E-state index contributed by atoms with van der Waals surface area (Å²) < 4.78 is 0. The number of aromatic amines is 1. The van der Waals surface area contributed by atoms with Crippen LogP contribution < -0.4 is 5.43 Å². The van der Waals surface area contributed by atoms with Crippen LogP contribution in [0, 0.1) is 6.92 Å². The molecule has 1 aromatic heterocycles. The largest absolute Gasteiger partial charge is 0.364 e. The molecule has 0 unspecified atom stereocenters. The average molecular weight is 175 g/mol. The maximum absolute atomic E-state index is 11.3. The SMILES string of the molecule is C/C=C\C=C/c1c(C)[nH]ccc1=O. The third-order valence-corrected chi connectivity index (χ3v) is 1.77. The van der Waals surface area contributed by atoms with Gasteiger partial charge in [-0.1, -0.05) is 18.2 Å². The number of hydrogen-bond acceptors (Lipinski definition) is 1. The predicted molar refractivity (Wildman–Crippen MR) is 55.6 cm³/mol. The molecule has 0 aliphatic carbocycles. The normalized spacial score (nSPS) is 11.5. The van der Waals surface area contributed by atoms with E-state index in [9.17, 15) is 4.79 Å². The quantitative estimate of drug-likeness (QED) is 0.687. The first-order valence-corrected chi connectivity index (χ1v) is 4.23. The molecule has 0 atom stereocenters. The molecule has 0 aliphatic rings. The lowest BCUT2D eigenvalue weighted by Gasteiger charge is -1.96. The van der Waals surface area contributed by atoms with Crippen LogP contribution in [0.3, 0.4) is 0 Å². The van der Waals surface area contributed by atoms with Crippen molar-refractivity contribution in [3.05, 3.63) is 52.0 Å². The van der Waals surface area contributed by atoms with E-state index >= 15 is 0 Å². The number of allylic oxidation sites excluding steroid dienone is 3. The third-order valence-electron chi connectivity index (χ3n) is 1.77. The van der Waals surface area contributed by atoms with E-state index in [1.165, 1.54) is 6.07 Å². The van der Waals surface area contributed by atoms with Gasteiger partial charge in [-0.3, -0.25) is 4.79 Å². The Morgan fingerprint density at radius 2 is 2.15 bits per heavy atom. The predicted octanol–water partition coefficient (Wildman–Crippen LogP) is 2.27. The lowest BCUT2D eigenvalue weighted by Crippen LogP contribution is -2.05. The smallest absolute Gasteiger partial charge is 0.189 e. The van der Waals surface area contributed by atoms with E-state index in [4.69, 9.17) is 0 Å². The highest BCUT2D eigenvalue weighted by Crippen LogP contribution is 2.00. The summed E-state index contributed by atoms with van der Waals surface area (Å²) in [5, 5.41) is 0. The molecule has 1 aromatic rings.